The molecule has 0 saturated heterocycles. The first kappa shape index (κ1) is 16.6. The number of alkyl halides is 1. The number of hydrogen-bond donors (Lipinski definition) is 1. The van der Waals surface area contributed by atoms with Crippen molar-refractivity contribution in [3.05, 3.63) is 33.8 Å². The van der Waals surface area contributed by atoms with Gasteiger partial charge in [-0.15, -0.1) is 11.6 Å². The summed E-state index contributed by atoms with van der Waals surface area (Å²) in [6.07, 6.45) is 3.05. The quantitative estimate of drug-likeness (QED) is 0.720. The summed E-state index contributed by atoms with van der Waals surface area (Å²) in [6, 6.07) is 4.82. The maximum atomic E-state index is 12.0. The van der Waals surface area contributed by atoms with Crippen LogP contribution >= 0.6 is 34.8 Å². The third-order valence-electron chi connectivity index (χ3n) is 2.89. The topological polar surface area (TPSA) is 29.1 Å². The Bertz CT molecular complexity index is 397. The number of hydrogen-bond acceptors (Lipinski definition) is 1. The van der Waals surface area contributed by atoms with E-state index in [-0.39, 0.29) is 5.91 Å². The van der Waals surface area contributed by atoms with Gasteiger partial charge in [0, 0.05) is 28.0 Å². The molecule has 0 bridgehead atoms. The van der Waals surface area contributed by atoms with Gasteiger partial charge in [0.1, 0.15) is 0 Å². The molecule has 1 rings (SSSR count). The lowest BCUT2D eigenvalue weighted by Crippen LogP contribution is -2.29. The molecule has 1 aromatic carbocycles. The Balaban J connectivity index is 2.58. The van der Waals surface area contributed by atoms with Crippen LogP contribution in [-0.2, 0) is 0 Å². The van der Waals surface area contributed by atoms with Crippen LogP contribution in [0.1, 0.15) is 36.5 Å². The Morgan fingerprint density at radius 1 is 1.21 bits per heavy atom. The maximum absolute atomic E-state index is 12.0. The zero-order valence-corrected chi connectivity index (χ0v) is 13.2. The largest absolute Gasteiger partial charge is 0.352 e. The van der Waals surface area contributed by atoms with Crippen LogP contribution in [-0.4, -0.2) is 18.3 Å². The van der Waals surface area contributed by atoms with Gasteiger partial charge < -0.3 is 5.32 Å². The minimum absolute atomic E-state index is 0.153. The lowest BCUT2D eigenvalue weighted by atomic mass is 10.0. The fourth-order valence-corrected chi connectivity index (χ4v) is 2.77. The average molecular weight is 323 g/mol. The number of benzene rings is 1. The van der Waals surface area contributed by atoms with Gasteiger partial charge in [0.05, 0.1) is 0 Å². The predicted octanol–water partition coefficient (Wildman–Crippen LogP) is 4.77. The van der Waals surface area contributed by atoms with Crippen molar-refractivity contribution >= 4 is 40.7 Å². The molecule has 0 radical (unpaired) electrons. The van der Waals surface area contributed by atoms with Crippen molar-refractivity contribution in [2.45, 2.75) is 26.2 Å². The third-order valence-corrected chi connectivity index (χ3v) is 3.54. The van der Waals surface area contributed by atoms with Gasteiger partial charge in [-0.2, -0.15) is 0 Å². The fourth-order valence-electron chi connectivity index (χ4n) is 1.94. The van der Waals surface area contributed by atoms with Crippen molar-refractivity contribution in [2.24, 2.45) is 5.92 Å². The van der Waals surface area contributed by atoms with Crippen LogP contribution in [0.5, 0.6) is 0 Å². The molecule has 1 unspecified atom stereocenters. The number of rotatable bonds is 7. The first-order valence-electron chi connectivity index (χ1n) is 6.37. The van der Waals surface area contributed by atoms with E-state index in [1.165, 1.54) is 0 Å². The first-order chi connectivity index (χ1) is 9.06. The maximum Gasteiger partial charge on any atom is 0.251 e. The molecule has 2 nitrogen and oxygen atoms in total. The lowest BCUT2D eigenvalue weighted by molar-refractivity contribution is 0.0946. The molecule has 0 spiro atoms. The second kappa shape index (κ2) is 8.68. The van der Waals surface area contributed by atoms with Crippen LogP contribution in [0.2, 0.25) is 10.0 Å². The van der Waals surface area contributed by atoms with Gasteiger partial charge in [-0.05, 0) is 37.0 Å². The molecule has 1 aromatic rings. The predicted molar refractivity (Wildman–Crippen MR) is 82.5 cm³/mol. The summed E-state index contributed by atoms with van der Waals surface area (Å²) in [5.74, 6) is 0.880. The van der Waals surface area contributed by atoms with Crippen LogP contribution in [0.15, 0.2) is 18.2 Å². The summed E-state index contributed by atoms with van der Waals surface area (Å²) >= 11 is 17.5. The normalized spacial score (nSPS) is 12.2. The van der Waals surface area contributed by atoms with Crippen molar-refractivity contribution in [1.29, 1.82) is 0 Å². The number of amides is 1. The SMILES string of the molecule is CCCC(CCCl)CNC(=O)c1cc(Cl)cc(Cl)c1. The number of halogens is 3. The summed E-state index contributed by atoms with van der Waals surface area (Å²) < 4.78 is 0. The van der Waals surface area contributed by atoms with E-state index in [9.17, 15) is 4.79 Å². The number of nitrogens with one attached hydrogen (secondary N) is 1. The summed E-state index contributed by atoms with van der Waals surface area (Å²) in [7, 11) is 0. The van der Waals surface area contributed by atoms with E-state index in [1.807, 2.05) is 0 Å². The van der Waals surface area contributed by atoms with Gasteiger partial charge >= 0.3 is 0 Å². The van der Waals surface area contributed by atoms with Crippen molar-refractivity contribution < 1.29 is 4.79 Å². The van der Waals surface area contributed by atoms with Gasteiger partial charge in [0.2, 0.25) is 0 Å². The van der Waals surface area contributed by atoms with Crippen molar-refractivity contribution in [3.8, 4) is 0 Å². The molecule has 0 aliphatic rings. The molecule has 0 aliphatic carbocycles. The van der Waals surface area contributed by atoms with Gasteiger partial charge in [-0.1, -0.05) is 36.5 Å². The van der Waals surface area contributed by atoms with Gasteiger partial charge in [-0.3, -0.25) is 4.79 Å². The molecule has 5 heteroatoms. The molecule has 1 N–H and O–H groups in total. The number of carbonyl (C=O) groups is 1. The van der Waals surface area contributed by atoms with Crippen LogP contribution in [0.25, 0.3) is 0 Å². The van der Waals surface area contributed by atoms with Crippen molar-refractivity contribution in [3.63, 3.8) is 0 Å². The Morgan fingerprint density at radius 2 is 1.84 bits per heavy atom. The van der Waals surface area contributed by atoms with E-state index in [0.29, 0.717) is 34.0 Å². The highest BCUT2D eigenvalue weighted by atomic mass is 35.5. The Kier molecular flexibility index (Phi) is 7.59. The van der Waals surface area contributed by atoms with Crippen LogP contribution < -0.4 is 5.32 Å². The average Bonchev–Trinajstić information content (AvgIpc) is 2.35. The minimum Gasteiger partial charge on any atom is -0.352 e. The van der Waals surface area contributed by atoms with Crippen molar-refractivity contribution in [1.82, 2.24) is 5.32 Å². The van der Waals surface area contributed by atoms with E-state index in [0.717, 1.165) is 19.3 Å². The van der Waals surface area contributed by atoms with Crippen LogP contribution in [0, 0.1) is 5.92 Å². The summed E-state index contributed by atoms with van der Waals surface area (Å²) in [5.41, 5.74) is 0.485. The van der Waals surface area contributed by atoms with Gasteiger partial charge in [0.25, 0.3) is 5.91 Å². The van der Waals surface area contributed by atoms with Gasteiger partial charge in [-0.25, -0.2) is 0 Å². The molecule has 1 atom stereocenters. The zero-order valence-electron chi connectivity index (χ0n) is 10.9. The minimum atomic E-state index is -0.153. The first-order valence-corrected chi connectivity index (χ1v) is 7.66. The second-order valence-corrected chi connectivity index (χ2v) is 5.75. The molecule has 0 aromatic heterocycles. The molecule has 0 fully saturated rings. The number of carbonyl (C=O) groups excluding carboxylic acids is 1. The standard InChI is InChI=1S/C14H18Cl3NO/c1-2-3-10(4-5-15)9-18-14(19)11-6-12(16)8-13(17)7-11/h6-8,10H,2-5,9H2,1H3,(H,18,19). The van der Waals surface area contributed by atoms with Crippen molar-refractivity contribution in [2.75, 3.05) is 12.4 Å². The van der Waals surface area contributed by atoms with E-state index >= 15 is 0 Å². The molecule has 19 heavy (non-hydrogen) atoms. The highest BCUT2D eigenvalue weighted by molar-refractivity contribution is 6.35. The van der Waals surface area contributed by atoms with Gasteiger partial charge in [0.15, 0.2) is 0 Å². The molecule has 1 amide bonds. The third kappa shape index (κ3) is 6.03. The fraction of sp³-hybridized carbons (Fsp3) is 0.500. The molecule has 106 valence electrons. The summed E-state index contributed by atoms with van der Waals surface area (Å²) in [6.45, 7) is 2.75. The Morgan fingerprint density at radius 3 is 2.37 bits per heavy atom. The monoisotopic (exact) mass is 321 g/mol. The molecular formula is C14H18Cl3NO. The summed E-state index contributed by atoms with van der Waals surface area (Å²) in [5, 5.41) is 3.83. The Hall–Kier alpha value is -0.440. The smallest absolute Gasteiger partial charge is 0.251 e. The Labute approximate surface area is 129 Å². The highest BCUT2D eigenvalue weighted by Gasteiger charge is 2.11. The van der Waals surface area contributed by atoms with Crippen LogP contribution in [0.4, 0.5) is 0 Å². The van der Waals surface area contributed by atoms with Crippen LogP contribution in [0.3, 0.4) is 0 Å². The molecule has 0 saturated carbocycles. The van der Waals surface area contributed by atoms with E-state index in [4.69, 9.17) is 34.8 Å². The lowest BCUT2D eigenvalue weighted by Gasteiger charge is -2.15. The van der Waals surface area contributed by atoms with E-state index in [2.05, 4.69) is 12.2 Å². The van der Waals surface area contributed by atoms with E-state index in [1.54, 1.807) is 18.2 Å². The summed E-state index contributed by atoms with van der Waals surface area (Å²) in [4.78, 5) is 12.0. The van der Waals surface area contributed by atoms with E-state index < -0.39 is 0 Å². The zero-order chi connectivity index (χ0) is 14.3. The second-order valence-electron chi connectivity index (χ2n) is 4.50. The molecule has 0 heterocycles. The highest BCUT2D eigenvalue weighted by Crippen LogP contribution is 2.19. The molecular weight excluding hydrogens is 305 g/mol. The molecule has 0 aliphatic heterocycles.